The van der Waals surface area contributed by atoms with Crippen LogP contribution in [0.5, 0.6) is 11.5 Å². The molecule has 0 radical (unpaired) electrons. The molecule has 1 aliphatic rings. The van der Waals surface area contributed by atoms with Gasteiger partial charge in [0.05, 0.1) is 19.2 Å². The van der Waals surface area contributed by atoms with Crippen LogP contribution in [0.3, 0.4) is 0 Å². The summed E-state index contributed by atoms with van der Waals surface area (Å²) in [7, 11) is 3.04. The largest absolute Gasteiger partial charge is 0.493 e. The number of amides is 1. The molecule has 1 amide bonds. The number of hydrogen-bond acceptors (Lipinski definition) is 4. The highest BCUT2D eigenvalue weighted by Gasteiger charge is 2.27. The van der Waals surface area contributed by atoms with Crippen molar-refractivity contribution in [2.75, 3.05) is 27.3 Å². The lowest BCUT2D eigenvalue weighted by Crippen LogP contribution is -2.39. The van der Waals surface area contributed by atoms with E-state index in [1.54, 1.807) is 18.3 Å². The maximum absolute atomic E-state index is 12.9. The molecule has 7 heteroatoms. The number of nitrogens with zero attached hydrogens (tertiary/aromatic N) is 2. The second-order valence-electron chi connectivity index (χ2n) is 5.80. The number of carbonyl (C=O) groups is 1. The lowest BCUT2D eigenvalue weighted by atomic mass is 9.94. The van der Waals surface area contributed by atoms with Gasteiger partial charge in [0.2, 0.25) is 0 Å². The molecule has 2 heterocycles. The average molecular weight is 350 g/mol. The summed E-state index contributed by atoms with van der Waals surface area (Å²) in [6.07, 6.45) is 3.74. The summed E-state index contributed by atoms with van der Waals surface area (Å²) in [6.45, 7) is 1.39. The molecule has 0 spiro atoms. The van der Waals surface area contributed by atoms with E-state index in [-0.39, 0.29) is 11.8 Å². The highest BCUT2D eigenvalue weighted by atomic mass is 35.5. The van der Waals surface area contributed by atoms with Crippen LogP contribution in [0.2, 0.25) is 5.02 Å². The Morgan fingerprint density at radius 1 is 1.38 bits per heavy atom. The minimum Gasteiger partial charge on any atom is -0.493 e. The van der Waals surface area contributed by atoms with Gasteiger partial charge in [0.25, 0.3) is 5.91 Å². The number of ether oxygens (including phenoxy) is 2. The Balaban J connectivity index is 1.82. The lowest BCUT2D eigenvalue weighted by Gasteiger charge is -2.32. The number of aromatic nitrogens is 2. The van der Waals surface area contributed by atoms with Crippen molar-refractivity contribution in [2.45, 2.75) is 18.8 Å². The third-order valence-corrected chi connectivity index (χ3v) is 4.63. The van der Waals surface area contributed by atoms with Crippen LogP contribution in [-0.2, 0) is 0 Å². The molecule has 2 aromatic rings. The Kier molecular flexibility index (Phi) is 4.94. The number of halogens is 1. The number of methoxy groups -OCH3 is 2. The molecule has 1 N–H and O–H groups in total. The van der Waals surface area contributed by atoms with Gasteiger partial charge in [-0.25, -0.2) is 0 Å². The predicted molar refractivity (Wildman–Crippen MR) is 91.0 cm³/mol. The van der Waals surface area contributed by atoms with Gasteiger partial charge in [0.1, 0.15) is 0 Å². The molecule has 1 fully saturated rings. The van der Waals surface area contributed by atoms with E-state index >= 15 is 0 Å². The first-order chi connectivity index (χ1) is 11.6. The molecule has 0 unspecified atom stereocenters. The van der Waals surface area contributed by atoms with E-state index in [9.17, 15) is 4.79 Å². The number of likely N-dealkylation sites (tertiary alicyclic amines) is 1. The summed E-state index contributed by atoms with van der Waals surface area (Å²) >= 11 is 6.22. The number of H-pyrrole nitrogens is 1. The van der Waals surface area contributed by atoms with Crippen LogP contribution in [0, 0.1) is 0 Å². The number of benzene rings is 1. The Bertz CT molecular complexity index is 718. The Labute approximate surface area is 145 Å². The van der Waals surface area contributed by atoms with Gasteiger partial charge < -0.3 is 14.4 Å². The first kappa shape index (κ1) is 16.6. The normalized spacial score (nSPS) is 17.6. The minimum absolute atomic E-state index is 0.0536. The van der Waals surface area contributed by atoms with Crippen molar-refractivity contribution < 1.29 is 14.3 Å². The third kappa shape index (κ3) is 3.19. The molecule has 1 atom stereocenters. The first-order valence-corrected chi connectivity index (χ1v) is 8.22. The molecule has 3 rings (SSSR count). The van der Waals surface area contributed by atoms with Crippen molar-refractivity contribution in [3.8, 4) is 11.5 Å². The molecule has 24 heavy (non-hydrogen) atoms. The summed E-state index contributed by atoms with van der Waals surface area (Å²) in [5, 5.41) is 7.37. The van der Waals surface area contributed by atoms with Crippen LogP contribution in [0.1, 0.15) is 34.8 Å². The number of carbonyl (C=O) groups excluding carboxylic acids is 1. The molecule has 1 aromatic heterocycles. The van der Waals surface area contributed by atoms with Crippen molar-refractivity contribution in [3.63, 3.8) is 0 Å². The Morgan fingerprint density at radius 3 is 2.88 bits per heavy atom. The lowest BCUT2D eigenvalue weighted by molar-refractivity contribution is 0.0705. The fourth-order valence-electron chi connectivity index (χ4n) is 3.13. The number of aromatic amines is 1. The highest BCUT2D eigenvalue weighted by Crippen LogP contribution is 2.36. The van der Waals surface area contributed by atoms with E-state index in [1.807, 2.05) is 11.0 Å². The van der Waals surface area contributed by atoms with Crippen LogP contribution < -0.4 is 9.47 Å². The van der Waals surface area contributed by atoms with Crippen LogP contribution >= 0.6 is 11.6 Å². The fraction of sp³-hybridized carbons (Fsp3) is 0.412. The number of hydrogen-bond donors (Lipinski definition) is 1. The zero-order valence-corrected chi connectivity index (χ0v) is 14.5. The SMILES string of the molecule is COc1cc(C(=O)N2CCC[C@@H](c3ccn[nH]3)C2)cc(Cl)c1OC. The predicted octanol–water partition coefficient (Wildman–Crippen LogP) is 3.10. The van der Waals surface area contributed by atoms with Gasteiger partial charge in [-0.05, 0) is 31.0 Å². The number of rotatable bonds is 4. The van der Waals surface area contributed by atoms with Crippen LogP contribution in [0.25, 0.3) is 0 Å². The topological polar surface area (TPSA) is 67.5 Å². The van der Waals surface area contributed by atoms with Crippen molar-refractivity contribution in [2.24, 2.45) is 0 Å². The molecule has 1 aliphatic heterocycles. The molecule has 1 aromatic carbocycles. The molecular formula is C17H20ClN3O3. The summed E-state index contributed by atoms with van der Waals surface area (Å²) < 4.78 is 10.5. The molecular weight excluding hydrogens is 330 g/mol. The molecule has 1 saturated heterocycles. The molecule has 0 saturated carbocycles. The molecule has 128 valence electrons. The van der Waals surface area contributed by atoms with E-state index < -0.39 is 0 Å². The second kappa shape index (κ2) is 7.13. The van der Waals surface area contributed by atoms with Crippen LogP contribution in [0.4, 0.5) is 0 Å². The van der Waals surface area contributed by atoms with Gasteiger partial charge in [-0.3, -0.25) is 9.89 Å². The zero-order valence-electron chi connectivity index (χ0n) is 13.7. The quantitative estimate of drug-likeness (QED) is 0.921. The summed E-state index contributed by atoms with van der Waals surface area (Å²) in [6, 6.07) is 5.27. The van der Waals surface area contributed by atoms with E-state index in [2.05, 4.69) is 10.2 Å². The summed E-state index contributed by atoms with van der Waals surface area (Å²) in [5.41, 5.74) is 1.57. The average Bonchev–Trinajstić information content (AvgIpc) is 3.15. The van der Waals surface area contributed by atoms with Crippen molar-refractivity contribution in [3.05, 3.63) is 40.7 Å². The van der Waals surface area contributed by atoms with Crippen LogP contribution in [0.15, 0.2) is 24.4 Å². The van der Waals surface area contributed by atoms with E-state index in [4.69, 9.17) is 21.1 Å². The van der Waals surface area contributed by atoms with E-state index in [0.29, 0.717) is 28.6 Å². The third-order valence-electron chi connectivity index (χ3n) is 4.35. The standard InChI is InChI=1S/C17H20ClN3O3/c1-23-15-9-12(8-13(18)16(15)24-2)17(22)21-7-3-4-11(10-21)14-5-6-19-20-14/h5-6,8-9,11H,3-4,7,10H2,1-2H3,(H,19,20)/t11-/m1/s1. The number of nitrogens with one attached hydrogen (secondary N) is 1. The van der Waals surface area contributed by atoms with E-state index in [0.717, 1.165) is 25.1 Å². The number of piperidine rings is 1. The van der Waals surface area contributed by atoms with Gasteiger partial charge in [0.15, 0.2) is 11.5 Å². The minimum atomic E-state index is -0.0536. The van der Waals surface area contributed by atoms with Crippen LogP contribution in [-0.4, -0.2) is 48.3 Å². The van der Waals surface area contributed by atoms with Gasteiger partial charge in [-0.2, -0.15) is 5.10 Å². The summed E-state index contributed by atoms with van der Waals surface area (Å²) in [4.78, 5) is 14.7. The molecule has 0 bridgehead atoms. The monoisotopic (exact) mass is 349 g/mol. The van der Waals surface area contributed by atoms with Crippen molar-refractivity contribution in [1.82, 2.24) is 15.1 Å². The first-order valence-electron chi connectivity index (χ1n) is 7.84. The summed E-state index contributed by atoms with van der Waals surface area (Å²) in [5.74, 6) is 1.11. The van der Waals surface area contributed by atoms with E-state index in [1.165, 1.54) is 14.2 Å². The fourth-order valence-corrected chi connectivity index (χ4v) is 3.42. The highest BCUT2D eigenvalue weighted by molar-refractivity contribution is 6.32. The molecule has 6 nitrogen and oxygen atoms in total. The maximum Gasteiger partial charge on any atom is 0.254 e. The maximum atomic E-state index is 12.9. The van der Waals surface area contributed by atoms with Gasteiger partial charge in [-0.15, -0.1) is 0 Å². The zero-order chi connectivity index (χ0) is 17.1. The Morgan fingerprint density at radius 2 is 2.21 bits per heavy atom. The van der Waals surface area contributed by atoms with Crippen molar-refractivity contribution in [1.29, 1.82) is 0 Å². The second-order valence-corrected chi connectivity index (χ2v) is 6.20. The smallest absolute Gasteiger partial charge is 0.254 e. The van der Waals surface area contributed by atoms with Gasteiger partial charge in [0, 0.05) is 36.5 Å². The Hall–Kier alpha value is -2.21. The van der Waals surface area contributed by atoms with Gasteiger partial charge >= 0.3 is 0 Å². The van der Waals surface area contributed by atoms with Crippen molar-refractivity contribution >= 4 is 17.5 Å². The van der Waals surface area contributed by atoms with Gasteiger partial charge in [-0.1, -0.05) is 11.6 Å². The molecule has 0 aliphatic carbocycles.